The molecule has 160 valence electrons. The number of likely N-dealkylation sites (tertiary alicyclic amines) is 1. The van der Waals surface area contributed by atoms with Crippen molar-refractivity contribution in [3.63, 3.8) is 0 Å². The smallest absolute Gasteiger partial charge is 0.257 e. The maximum atomic E-state index is 14.1. The lowest BCUT2D eigenvalue weighted by Crippen LogP contribution is -2.63. The average molecular weight is 427 g/mol. The molecule has 2 fully saturated rings. The quantitative estimate of drug-likeness (QED) is 0.672. The lowest BCUT2D eigenvalue weighted by molar-refractivity contribution is -0.0739. The van der Waals surface area contributed by atoms with Gasteiger partial charge >= 0.3 is 0 Å². The Balaban J connectivity index is 1.26. The van der Waals surface area contributed by atoms with Crippen molar-refractivity contribution < 1.29 is 23.1 Å². The van der Waals surface area contributed by atoms with Gasteiger partial charge in [0, 0.05) is 30.3 Å². The molecule has 0 atom stereocenters. The fourth-order valence-electron chi connectivity index (χ4n) is 4.75. The van der Waals surface area contributed by atoms with Crippen LogP contribution in [0.1, 0.15) is 34.8 Å². The number of amides is 1. The van der Waals surface area contributed by atoms with Gasteiger partial charge in [-0.15, -0.1) is 0 Å². The molecule has 2 aromatic carbocycles. The van der Waals surface area contributed by atoms with Crippen molar-refractivity contribution >= 4 is 5.91 Å². The number of phenols is 1. The highest BCUT2D eigenvalue weighted by Gasteiger charge is 2.54. The van der Waals surface area contributed by atoms with Crippen LogP contribution in [0.15, 0.2) is 42.6 Å². The number of rotatable bonds is 3. The topological polar surface area (TPSA) is 58.4 Å². The van der Waals surface area contributed by atoms with E-state index in [0.29, 0.717) is 18.8 Å². The molecule has 3 aromatic rings. The number of phenolic OH excluding ortho intramolecular Hbond substituents is 1. The number of aryl methyl sites for hydroxylation is 1. The zero-order valence-electron chi connectivity index (χ0n) is 16.8. The second-order valence-electron chi connectivity index (χ2n) is 8.65. The van der Waals surface area contributed by atoms with Gasteiger partial charge in [0.1, 0.15) is 23.2 Å². The third-order valence-electron chi connectivity index (χ3n) is 6.33. The Morgan fingerprint density at radius 2 is 1.81 bits per heavy atom. The van der Waals surface area contributed by atoms with Gasteiger partial charge < -0.3 is 10.0 Å². The van der Waals surface area contributed by atoms with E-state index >= 15 is 0 Å². The van der Waals surface area contributed by atoms with Gasteiger partial charge in [0.2, 0.25) is 0 Å². The first-order chi connectivity index (χ1) is 14.7. The minimum atomic E-state index is -0.653. The number of aromatic hydroxyl groups is 1. The number of aromatic nitrogens is 2. The largest absolute Gasteiger partial charge is 0.508 e. The van der Waals surface area contributed by atoms with Crippen LogP contribution >= 0.6 is 0 Å². The summed E-state index contributed by atoms with van der Waals surface area (Å²) in [6, 6.07) is 6.86. The van der Waals surface area contributed by atoms with E-state index in [2.05, 4.69) is 5.10 Å². The molecule has 0 bridgehead atoms. The van der Waals surface area contributed by atoms with Crippen molar-refractivity contribution in [1.29, 1.82) is 0 Å². The van der Waals surface area contributed by atoms with Crippen molar-refractivity contribution in [3.8, 4) is 17.0 Å². The molecule has 1 saturated heterocycles. The minimum absolute atomic E-state index is 0.0300. The van der Waals surface area contributed by atoms with Gasteiger partial charge in [0.25, 0.3) is 5.91 Å². The second-order valence-corrected chi connectivity index (χ2v) is 8.65. The maximum absolute atomic E-state index is 14.1. The molecule has 1 aliphatic heterocycles. The Labute approximate surface area is 176 Å². The van der Waals surface area contributed by atoms with E-state index in [-0.39, 0.29) is 28.3 Å². The molecule has 0 radical (unpaired) electrons. The number of carbonyl (C=O) groups excluding carboxylic acids is 1. The van der Waals surface area contributed by atoms with Gasteiger partial charge in [-0.3, -0.25) is 9.48 Å². The first kappa shape index (κ1) is 19.7. The molecule has 1 aliphatic carbocycles. The van der Waals surface area contributed by atoms with E-state index in [1.54, 1.807) is 9.58 Å². The Bertz CT molecular complexity index is 1190. The number of benzene rings is 2. The van der Waals surface area contributed by atoms with Crippen molar-refractivity contribution in [3.05, 3.63) is 71.2 Å². The lowest BCUT2D eigenvalue weighted by atomic mass is 9.60. The molecule has 31 heavy (non-hydrogen) atoms. The molecule has 0 unspecified atom stereocenters. The molecule has 1 aromatic heterocycles. The van der Waals surface area contributed by atoms with Gasteiger partial charge in [-0.2, -0.15) is 5.10 Å². The molecule has 8 heteroatoms. The summed E-state index contributed by atoms with van der Waals surface area (Å²) >= 11 is 0. The summed E-state index contributed by atoms with van der Waals surface area (Å²) in [5, 5.41) is 14.0. The van der Waals surface area contributed by atoms with E-state index in [0.717, 1.165) is 48.7 Å². The molecule has 5 rings (SSSR count). The normalized spacial score (nSPS) is 17.5. The summed E-state index contributed by atoms with van der Waals surface area (Å²) < 4.78 is 43.4. The first-order valence-electron chi connectivity index (χ1n) is 10.0. The van der Waals surface area contributed by atoms with Gasteiger partial charge in [0.05, 0.1) is 17.3 Å². The van der Waals surface area contributed by atoms with Crippen LogP contribution in [0.2, 0.25) is 0 Å². The molecule has 1 amide bonds. The molecule has 5 nitrogen and oxygen atoms in total. The van der Waals surface area contributed by atoms with Crippen LogP contribution in [0.4, 0.5) is 13.2 Å². The number of nitrogens with zero attached hydrogens (tertiary/aromatic N) is 3. The third kappa shape index (κ3) is 3.26. The summed E-state index contributed by atoms with van der Waals surface area (Å²) in [5.74, 6) is -2.27. The summed E-state index contributed by atoms with van der Waals surface area (Å²) in [6.07, 6.45) is 3.43. The Hall–Kier alpha value is -3.29. The van der Waals surface area contributed by atoms with E-state index < -0.39 is 23.4 Å². The lowest BCUT2D eigenvalue weighted by Gasteiger charge is -2.58. The molecule has 1 N–H and O–H groups in total. The maximum Gasteiger partial charge on any atom is 0.257 e. The van der Waals surface area contributed by atoms with Gasteiger partial charge in [-0.1, -0.05) is 0 Å². The zero-order valence-corrected chi connectivity index (χ0v) is 16.8. The predicted octanol–water partition coefficient (Wildman–Crippen LogP) is 4.46. The van der Waals surface area contributed by atoms with E-state index in [9.17, 15) is 23.1 Å². The van der Waals surface area contributed by atoms with Crippen LogP contribution in [0.3, 0.4) is 0 Å². The van der Waals surface area contributed by atoms with Crippen LogP contribution in [-0.4, -0.2) is 38.8 Å². The first-order valence-corrected chi connectivity index (χ1v) is 10.0. The van der Waals surface area contributed by atoms with Crippen LogP contribution in [0.5, 0.6) is 5.75 Å². The highest BCUT2D eigenvalue weighted by molar-refractivity contribution is 5.95. The highest BCUT2D eigenvalue weighted by atomic mass is 19.1. The number of carbonyl (C=O) groups is 1. The second kappa shape index (κ2) is 6.87. The van der Waals surface area contributed by atoms with Crippen molar-refractivity contribution in [2.24, 2.45) is 5.41 Å². The van der Waals surface area contributed by atoms with Crippen LogP contribution in [0.25, 0.3) is 11.3 Å². The van der Waals surface area contributed by atoms with Crippen LogP contribution in [0, 0.1) is 29.8 Å². The highest BCUT2D eigenvalue weighted by Crippen LogP contribution is 2.54. The Morgan fingerprint density at radius 3 is 2.55 bits per heavy atom. The molecule has 2 heterocycles. The number of hydrogen-bond donors (Lipinski definition) is 1. The molecular weight excluding hydrogens is 407 g/mol. The van der Waals surface area contributed by atoms with Crippen LogP contribution < -0.4 is 0 Å². The fraction of sp³-hybridized carbons (Fsp3) is 0.304. The Morgan fingerprint density at radius 1 is 1.10 bits per heavy atom. The zero-order chi connectivity index (χ0) is 21.9. The van der Waals surface area contributed by atoms with Crippen molar-refractivity contribution in [2.45, 2.75) is 25.8 Å². The minimum Gasteiger partial charge on any atom is -0.508 e. The predicted molar refractivity (Wildman–Crippen MR) is 107 cm³/mol. The average Bonchev–Trinajstić information content (AvgIpc) is 3.04. The van der Waals surface area contributed by atoms with Crippen molar-refractivity contribution in [1.82, 2.24) is 14.7 Å². The van der Waals surface area contributed by atoms with Crippen molar-refractivity contribution in [2.75, 3.05) is 13.1 Å². The van der Waals surface area contributed by atoms with Gasteiger partial charge in [-0.25, -0.2) is 13.2 Å². The fourth-order valence-corrected chi connectivity index (χ4v) is 4.75. The number of halogens is 3. The van der Waals surface area contributed by atoms with E-state index in [4.69, 9.17) is 0 Å². The summed E-state index contributed by atoms with van der Waals surface area (Å²) in [6.45, 7) is 2.84. The molecule has 2 aliphatic rings. The number of hydrogen-bond acceptors (Lipinski definition) is 3. The van der Waals surface area contributed by atoms with E-state index in [1.165, 1.54) is 6.07 Å². The molecule has 1 spiro atoms. The summed E-state index contributed by atoms with van der Waals surface area (Å²) in [5.41, 5.74) is 1.16. The Kier molecular flexibility index (Phi) is 4.35. The SMILES string of the molecule is Cc1cn(C2CC3(C2)CN(C(=O)c2cc(O)ccc2F)C3)nc1-c1cc(F)ccc1F. The third-order valence-corrected chi connectivity index (χ3v) is 6.33. The monoisotopic (exact) mass is 427 g/mol. The van der Waals surface area contributed by atoms with Crippen LogP contribution in [-0.2, 0) is 0 Å². The summed E-state index contributed by atoms with van der Waals surface area (Å²) in [4.78, 5) is 14.1. The summed E-state index contributed by atoms with van der Waals surface area (Å²) in [7, 11) is 0. The van der Waals surface area contributed by atoms with Gasteiger partial charge in [0.15, 0.2) is 0 Å². The standard InChI is InChI=1S/C23H20F3N3O2/c1-13-10-29(27-21(13)17-6-14(24)2-4-19(17)25)15-8-23(9-15)11-28(12-23)22(31)18-7-16(30)3-5-20(18)26/h2-7,10,15,30H,8-9,11-12H2,1H3. The molecular formula is C23H20F3N3O2. The molecule has 1 saturated carbocycles. The van der Waals surface area contributed by atoms with Gasteiger partial charge in [-0.05, 0) is 61.7 Å². The van der Waals surface area contributed by atoms with E-state index in [1.807, 2.05) is 13.1 Å².